The predicted octanol–water partition coefficient (Wildman–Crippen LogP) is 4.49. The fourth-order valence-corrected chi connectivity index (χ4v) is 3.43. The van der Waals surface area contributed by atoms with Gasteiger partial charge in [-0.05, 0) is 32.0 Å². The SMILES string of the molecule is Cc1occc1-c1nnc(S[C@@H](C)/C(O)=C(\C#N)c2nc3ccccc3[nH]2)o1. The van der Waals surface area contributed by atoms with Gasteiger partial charge in [0.2, 0.25) is 0 Å². The van der Waals surface area contributed by atoms with E-state index in [9.17, 15) is 10.4 Å². The number of rotatable bonds is 5. The average Bonchev–Trinajstić information content (AvgIpc) is 3.41. The molecule has 4 rings (SSSR count). The number of para-hydroxylation sites is 2. The van der Waals surface area contributed by atoms with Crippen LogP contribution in [-0.2, 0) is 0 Å². The van der Waals surface area contributed by atoms with Gasteiger partial charge in [0, 0.05) is 0 Å². The number of nitrogens with one attached hydrogen (secondary N) is 1. The minimum atomic E-state index is -0.499. The standard InChI is InChI=1S/C19H15N5O3S/c1-10-12(7-8-26-10)18-23-24-19(27-18)28-11(2)16(25)13(9-20)17-21-14-5-3-4-6-15(14)22-17/h3-8,11,25H,1-2H3,(H,21,22)/b16-13-/t11-/m0/s1. The van der Waals surface area contributed by atoms with E-state index >= 15 is 0 Å². The summed E-state index contributed by atoms with van der Waals surface area (Å²) >= 11 is 1.15. The summed E-state index contributed by atoms with van der Waals surface area (Å²) in [5, 5.41) is 27.9. The Morgan fingerprint density at radius 1 is 1.29 bits per heavy atom. The van der Waals surface area contributed by atoms with Crippen LogP contribution in [0.1, 0.15) is 18.5 Å². The van der Waals surface area contributed by atoms with Crippen molar-refractivity contribution < 1.29 is 13.9 Å². The molecule has 0 saturated heterocycles. The number of H-pyrrole nitrogens is 1. The highest BCUT2D eigenvalue weighted by Gasteiger charge is 2.22. The molecule has 8 nitrogen and oxygen atoms in total. The first-order valence-electron chi connectivity index (χ1n) is 8.39. The third-order valence-corrected chi connectivity index (χ3v) is 5.10. The Labute approximate surface area is 163 Å². The number of aliphatic hydroxyl groups excluding tert-OH is 1. The van der Waals surface area contributed by atoms with Crippen LogP contribution >= 0.6 is 11.8 Å². The fraction of sp³-hybridized carbons (Fsp3) is 0.158. The van der Waals surface area contributed by atoms with Gasteiger partial charge in [0.25, 0.3) is 11.1 Å². The molecule has 0 unspecified atom stereocenters. The number of nitriles is 1. The minimum absolute atomic E-state index is 0.0709. The van der Waals surface area contributed by atoms with Gasteiger partial charge in [-0.2, -0.15) is 5.26 Å². The monoisotopic (exact) mass is 393 g/mol. The summed E-state index contributed by atoms with van der Waals surface area (Å²) in [6, 6.07) is 11.2. The van der Waals surface area contributed by atoms with Crippen LogP contribution in [0.25, 0.3) is 28.1 Å². The number of aromatic nitrogens is 4. The number of aryl methyl sites for hydroxylation is 1. The van der Waals surface area contributed by atoms with Crippen molar-refractivity contribution in [3.05, 3.63) is 53.9 Å². The predicted molar refractivity (Wildman–Crippen MR) is 103 cm³/mol. The van der Waals surface area contributed by atoms with Gasteiger partial charge in [-0.3, -0.25) is 0 Å². The van der Waals surface area contributed by atoms with Crippen LogP contribution in [0.15, 0.2) is 56.4 Å². The Bertz CT molecular complexity index is 1180. The zero-order valence-corrected chi connectivity index (χ0v) is 15.8. The van der Waals surface area contributed by atoms with E-state index in [4.69, 9.17) is 8.83 Å². The molecule has 0 bridgehead atoms. The fourth-order valence-electron chi connectivity index (χ4n) is 2.69. The van der Waals surface area contributed by atoms with Crippen molar-refractivity contribution in [3.63, 3.8) is 0 Å². The van der Waals surface area contributed by atoms with Crippen molar-refractivity contribution in [3.8, 4) is 17.5 Å². The van der Waals surface area contributed by atoms with Gasteiger partial charge >= 0.3 is 0 Å². The second kappa shape index (κ2) is 7.25. The normalized spacial score (nSPS) is 13.3. The van der Waals surface area contributed by atoms with E-state index in [1.54, 1.807) is 26.2 Å². The molecule has 0 radical (unpaired) electrons. The maximum Gasteiger partial charge on any atom is 0.277 e. The minimum Gasteiger partial charge on any atom is -0.510 e. The van der Waals surface area contributed by atoms with E-state index in [1.165, 1.54) is 0 Å². The number of nitrogens with zero attached hydrogens (tertiary/aromatic N) is 4. The molecule has 0 aliphatic rings. The molecule has 0 amide bonds. The molecule has 140 valence electrons. The van der Waals surface area contributed by atoms with Gasteiger partial charge in [-0.1, -0.05) is 23.9 Å². The molecular weight excluding hydrogens is 378 g/mol. The lowest BCUT2D eigenvalue weighted by Gasteiger charge is -2.08. The highest BCUT2D eigenvalue weighted by atomic mass is 32.2. The number of hydrogen-bond donors (Lipinski definition) is 2. The van der Waals surface area contributed by atoms with Crippen molar-refractivity contribution >= 4 is 28.4 Å². The molecule has 0 aliphatic carbocycles. The van der Waals surface area contributed by atoms with Crippen LogP contribution in [0.5, 0.6) is 0 Å². The van der Waals surface area contributed by atoms with Gasteiger partial charge in [-0.25, -0.2) is 4.98 Å². The number of furan rings is 1. The molecule has 3 heterocycles. The summed E-state index contributed by atoms with van der Waals surface area (Å²) in [5.41, 5.74) is 2.29. The molecule has 28 heavy (non-hydrogen) atoms. The highest BCUT2D eigenvalue weighted by Crippen LogP contribution is 2.32. The number of allylic oxidation sites excluding steroid dienone is 1. The zero-order valence-electron chi connectivity index (χ0n) is 15.0. The van der Waals surface area contributed by atoms with Crippen LogP contribution in [0.3, 0.4) is 0 Å². The number of thioether (sulfide) groups is 1. The van der Waals surface area contributed by atoms with Crippen molar-refractivity contribution in [2.45, 2.75) is 24.3 Å². The van der Waals surface area contributed by atoms with E-state index in [-0.39, 0.29) is 16.6 Å². The average molecular weight is 393 g/mol. The lowest BCUT2D eigenvalue weighted by molar-refractivity contribution is 0.399. The quantitative estimate of drug-likeness (QED) is 0.289. The number of aliphatic hydroxyl groups is 1. The summed E-state index contributed by atoms with van der Waals surface area (Å²) in [7, 11) is 0. The lowest BCUT2D eigenvalue weighted by Crippen LogP contribution is -2.04. The molecule has 3 aromatic heterocycles. The van der Waals surface area contributed by atoms with Crippen molar-refractivity contribution in [1.29, 1.82) is 5.26 Å². The second-order valence-corrected chi connectivity index (χ2v) is 7.29. The van der Waals surface area contributed by atoms with Gasteiger partial charge in [0.05, 0.1) is 28.1 Å². The number of aromatic amines is 1. The maximum atomic E-state index is 10.6. The zero-order chi connectivity index (χ0) is 19.7. The van der Waals surface area contributed by atoms with Crippen molar-refractivity contribution in [2.24, 2.45) is 0 Å². The van der Waals surface area contributed by atoms with E-state index in [1.807, 2.05) is 30.3 Å². The maximum absolute atomic E-state index is 10.6. The van der Waals surface area contributed by atoms with Gasteiger partial charge in [-0.15, -0.1) is 10.2 Å². The largest absolute Gasteiger partial charge is 0.510 e. The Hall–Kier alpha value is -3.51. The third-order valence-electron chi connectivity index (χ3n) is 4.15. The first-order valence-corrected chi connectivity index (χ1v) is 9.27. The molecule has 0 aliphatic heterocycles. The highest BCUT2D eigenvalue weighted by molar-refractivity contribution is 7.99. The molecular formula is C19H15N5O3S. The Balaban J connectivity index is 1.59. The van der Waals surface area contributed by atoms with E-state index < -0.39 is 5.25 Å². The Kier molecular flexibility index (Phi) is 4.63. The summed E-state index contributed by atoms with van der Waals surface area (Å²) in [5.74, 6) is 1.20. The van der Waals surface area contributed by atoms with Gasteiger partial charge < -0.3 is 18.9 Å². The third kappa shape index (κ3) is 3.25. The molecule has 2 N–H and O–H groups in total. The topological polar surface area (TPSA) is 125 Å². The second-order valence-electron chi connectivity index (χ2n) is 6.00. The summed E-state index contributed by atoms with van der Waals surface area (Å²) in [6.45, 7) is 3.54. The van der Waals surface area contributed by atoms with Crippen molar-refractivity contribution in [1.82, 2.24) is 20.2 Å². The molecule has 0 fully saturated rings. The van der Waals surface area contributed by atoms with E-state index in [2.05, 4.69) is 20.2 Å². The van der Waals surface area contributed by atoms with Crippen LogP contribution in [-0.4, -0.2) is 30.5 Å². The summed E-state index contributed by atoms with van der Waals surface area (Å²) in [4.78, 5) is 7.43. The Morgan fingerprint density at radius 2 is 2.11 bits per heavy atom. The van der Waals surface area contributed by atoms with Gasteiger partial charge in [0.1, 0.15) is 23.2 Å². The summed E-state index contributed by atoms with van der Waals surface area (Å²) < 4.78 is 10.9. The molecule has 4 aromatic rings. The van der Waals surface area contributed by atoms with Crippen LogP contribution < -0.4 is 0 Å². The number of benzene rings is 1. The van der Waals surface area contributed by atoms with Crippen LogP contribution in [0.4, 0.5) is 0 Å². The first kappa shape index (κ1) is 17.9. The Morgan fingerprint density at radius 3 is 2.82 bits per heavy atom. The number of imidazole rings is 1. The van der Waals surface area contributed by atoms with Gasteiger partial charge in [0.15, 0.2) is 5.82 Å². The summed E-state index contributed by atoms with van der Waals surface area (Å²) in [6.07, 6.45) is 1.55. The molecule has 9 heteroatoms. The van der Waals surface area contributed by atoms with Crippen LogP contribution in [0.2, 0.25) is 0 Å². The van der Waals surface area contributed by atoms with Crippen LogP contribution in [0, 0.1) is 18.3 Å². The smallest absolute Gasteiger partial charge is 0.277 e. The molecule has 1 atom stereocenters. The molecule has 0 spiro atoms. The molecule has 0 saturated carbocycles. The van der Waals surface area contributed by atoms with E-state index in [0.29, 0.717) is 23.0 Å². The number of fused-ring (bicyclic) bond motifs is 1. The molecule has 1 aromatic carbocycles. The first-order chi connectivity index (χ1) is 13.6. The number of hydrogen-bond acceptors (Lipinski definition) is 8. The lowest BCUT2D eigenvalue weighted by atomic mass is 10.2. The van der Waals surface area contributed by atoms with E-state index in [0.717, 1.165) is 22.8 Å². The van der Waals surface area contributed by atoms with Crippen molar-refractivity contribution in [2.75, 3.05) is 0 Å².